The van der Waals surface area contributed by atoms with Crippen LogP contribution in [0.15, 0.2) is 0 Å². The van der Waals surface area contributed by atoms with Crippen molar-refractivity contribution < 1.29 is 17.5 Å². The van der Waals surface area contributed by atoms with E-state index in [1.54, 1.807) is 0 Å². The minimum atomic E-state index is -2.69. The number of hydrogen-bond donors (Lipinski definition) is 1. The topological polar surface area (TPSA) is 47.9 Å². The zero-order chi connectivity index (χ0) is 18.8. The van der Waals surface area contributed by atoms with E-state index in [0.29, 0.717) is 18.0 Å². The van der Waals surface area contributed by atoms with E-state index in [1.807, 2.05) is 6.92 Å². The van der Waals surface area contributed by atoms with Gasteiger partial charge in [-0.15, -0.1) is 11.6 Å². The number of rotatable bonds is 9. The second kappa shape index (κ2) is 8.35. The number of alkyl halides is 1. The zero-order valence-electron chi connectivity index (χ0n) is 16.7. The molecular weight excluding hydrogens is 392 g/mol. The molecule has 144 valence electrons. The average Bonchev–Trinajstić information content (AvgIpc) is 2.75. The SMILES string of the molecule is CCO[Si]1(CCCCl)O[Si](C)(C(C)C)[Si](C)(C(C)[Si](C)(O)CC)O1. The summed E-state index contributed by atoms with van der Waals surface area (Å²) >= 11 is 5.95. The van der Waals surface area contributed by atoms with Crippen molar-refractivity contribution in [3.8, 4) is 0 Å². The van der Waals surface area contributed by atoms with Gasteiger partial charge in [0, 0.05) is 18.5 Å². The predicted octanol–water partition coefficient (Wildman–Crippen LogP) is 4.79. The second-order valence-corrected chi connectivity index (χ2v) is 29.4. The molecule has 0 aliphatic carbocycles. The Morgan fingerprint density at radius 1 is 1.12 bits per heavy atom. The van der Waals surface area contributed by atoms with Crippen LogP contribution in [0.3, 0.4) is 0 Å². The Balaban J connectivity index is 3.34. The minimum absolute atomic E-state index is 0.236. The van der Waals surface area contributed by atoms with Crippen LogP contribution in [0.1, 0.15) is 41.0 Å². The summed E-state index contributed by atoms with van der Waals surface area (Å²) in [5, 5.41) is 0.236. The summed E-state index contributed by atoms with van der Waals surface area (Å²) in [5.74, 6) is 0.601. The van der Waals surface area contributed by atoms with E-state index in [0.717, 1.165) is 18.5 Å². The Labute approximate surface area is 157 Å². The Morgan fingerprint density at radius 2 is 1.67 bits per heavy atom. The molecule has 1 aliphatic rings. The van der Waals surface area contributed by atoms with Crippen molar-refractivity contribution in [3.05, 3.63) is 0 Å². The van der Waals surface area contributed by atoms with Crippen LogP contribution in [0.5, 0.6) is 0 Å². The Morgan fingerprint density at radius 3 is 2.08 bits per heavy atom. The van der Waals surface area contributed by atoms with E-state index in [4.69, 9.17) is 24.3 Å². The summed E-state index contributed by atoms with van der Waals surface area (Å²) in [6, 6.07) is 1.65. The highest BCUT2D eigenvalue weighted by Gasteiger charge is 2.72. The van der Waals surface area contributed by atoms with Gasteiger partial charge >= 0.3 is 8.80 Å². The average molecular weight is 429 g/mol. The molecule has 24 heavy (non-hydrogen) atoms. The lowest BCUT2D eigenvalue weighted by Gasteiger charge is -2.45. The van der Waals surface area contributed by atoms with Crippen LogP contribution in [0, 0.1) is 0 Å². The molecule has 4 nitrogen and oxygen atoms in total. The van der Waals surface area contributed by atoms with E-state index in [2.05, 4.69) is 47.3 Å². The van der Waals surface area contributed by atoms with Crippen LogP contribution in [0.25, 0.3) is 0 Å². The largest absolute Gasteiger partial charge is 0.479 e. The zero-order valence-corrected chi connectivity index (χ0v) is 21.5. The van der Waals surface area contributed by atoms with Crippen molar-refractivity contribution in [2.24, 2.45) is 0 Å². The first-order valence-electron chi connectivity index (χ1n) is 9.27. The molecule has 1 saturated heterocycles. The van der Waals surface area contributed by atoms with Gasteiger partial charge in [-0.1, -0.05) is 27.7 Å². The van der Waals surface area contributed by atoms with Crippen molar-refractivity contribution in [2.75, 3.05) is 12.5 Å². The van der Waals surface area contributed by atoms with Gasteiger partial charge in [0.15, 0.2) is 8.32 Å². The number of halogens is 1. The maximum Gasteiger partial charge on any atom is 0.479 e. The lowest BCUT2D eigenvalue weighted by Crippen LogP contribution is -2.66. The Bertz CT molecular complexity index is 428. The van der Waals surface area contributed by atoms with Crippen LogP contribution in [-0.2, 0) is 12.7 Å². The number of hydrogen-bond acceptors (Lipinski definition) is 4. The van der Waals surface area contributed by atoms with Gasteiger partial charge in [0.25, 0.3) is 0 Å². The molecule has 0 amide bonds. The molecule has 1 aliphatic heterocycles. The van der Waals surface area contributed by atoms with Gasteiger partial charge in [0.2, 0.25) is 15.7 Å². The Hall–Kier alpha value is 0.998. The van der Waals surface area contributed by atoms with E-state index in [-0.39, 0.29) is 5.16 Å². The lowest BCUT2D eigenvalue weighted by atomic mass is 10.6. The molecule has 0 aromatic carbocycles. The smallest absolute Gasteiger partial charge is 0.432 e. The third-order valence-electron chi connectivity index (χ3n) is 6.28. The maximum atomic E-state index is 11.1. The monoisotopic (exact) mass is 428 g/mol. The van der Waals surface area contributed by atoms with Gasteiger partial charge in [0.1, 0.15) is 0 Å². The molecule has 9 heteroatoms. The van der Waals surface area contributed by atoms with Crippen molar-refractivity contribution in [1.82, 2.24) is 0 Å². The van der Waals surface area contributed by atoms with Crippen LogP contribution in [0.4, 0.5) is 0 Å². The molecule has 0 aromatic heterocycles. The first-order chi connectivity index (χ1) is 10.9. The highest BCUT2D eigenvalue weighted by atomic mass is 35.5. The van der Waals surface area contributed by atoms with Gasteiger partial charge in [-0.2, -0.15) is 0 Å². The molecule has 0 saturated carbocycles. The molecule has 5 atom stereocenters. The molecule has 0 spiro atoms. The molecule has 1 heterocycles. The molecule has 1 fully saturated rings. The summed E-state index contributed by atoms with van der Waals surface area (Å²) in [6.07, 6.45) is 0.858. The normalized spacial score (nSPS) is 37.6. The summed E-state index contributed by atoms with van der Waals surface area (Å²) < 4.78 is 20.0. The van der Waals surface area contributed by atoms with Crippen LogP contribution < -0.4 is 0 Å². The van der Waals surface area contributed by atoms with Crippen molar-refractivity contribution in [1.29, 1.82) is 0 Å². The summed E-state index contributed by atoms with van der Waals surface area (Å²) in [4.78, 5) is 11.1. The van der Waals surface area contributed by atoms with Gasteiger partial charge in [0.05, 0.1) is 0 Å². The maximum absolute atomic E-state index is 11.1. The molecule has 0 radical (unpaired) electrons. The van der Waals surface area contributed by atoms with E-state index in [1.165, 1.54) is 0 Å². The van der Waals surface area contributed by atoms with E-state index >= 15 is 0 Å². The van der Waals surface area contributed by atoms with Gasteiger partial charge in [-0.25, -0.2) is 0 Å². The molecule has 0 bridgehead atoms. The molecule has 5 unspecified atom stereocenters. The van der Waals surface area contributed by atoms with Crippen molar-refractivity contribution in [2.45, 2.75) is 83.5 Å². The van der Waals surface area contributed by atoms with Gasteiger partial charge < -0.3 is 17.5 Å². The first kappa shape index (κ1) is 23.0. The third kappa shape index (κ3) is 4.12. The van der Waals surface area contributed by atoms with Crippen LogP contribution >= 0.6 is 11.6 Å². The van der Waals surface area contributed by atoms with Crippen LogP contribution in [-0.4, -0.2) is 50.1 Å². The third-order valence-corrected chi connectivity index (χ3v) is 38.4. The van der Waals surface area contributed by atoms with Gasteiger partial charge in [-0.05, 0) is 49.7 Å². The molecule has 0 aromatic rings. The molecular formula is C15H37ClO4Si4. The predicted molar refractivity (Wildman–Crippen MR) is 112 cm³/mol. The fourth-order valence-corrected chi connectivity index (χ4v) is 41.9. The summed E-state index contributed by atoms with van der Waals surface area (Å²) in [6.45, 7) is 18.2. The van der Waals surface area contributed by atoms with Gasteiger partial charge in [-0.3, -0.25) is 0 Å². The summed E-state index contributed by atoms with van der Waals surface area (Å²) in [5.41, 5.74) is 0.448. The van der Waals surface area contributed by atoms with Crippen molar-refractivity contribution >= 4 is 44.4 Å². The fraction of sp³-hybridized carbons (Fsp3) is 1.00. The highest BCUT2D eigenvalue weighted by Crippen LogP contribution is 2.51. The highest BCUT2D eigenvalue weighted by molar-refractivity contribution is 7.43. The lowest BCUT2D eigenvalue weighted by molar-refractivity contribution is 0.185. The quantitative estimate of drug-likeness (QED) is 0.423. The molecule has 1 N–H and O–H groups in total. The first-order valence-corrected chi connectivity index (χ1v) is 20.4. The second-order valence-electron chi connectivity index (χ2n) is 7.91. The Kier molecular flexibility index (Phi) is 8.01. The van der Waals surface area contributed by atoms with E-state index < -0.39 is 32.8 Å². The minimum Gasteiger partial charge on any atom is -0.432 e. The fourth-order valence-electron chi connectivity index (χ4n) is 3.71. The summed E-state index contributed by atoms with van der Waals surface area (Å²) in [7, 11) is -9.44. The standard InChI is InChI=1S/C15H37ClO4Si4/c1-9-18-24(13-11-12-16)19-22(7,14(3)4)23(8,20-24)15(5)21(6,17)10-2/h14-15,17H,9-13H2,1-8H3. The van der Waals surface area contributed by atoms with E-state index in [9.17, 15) is 4.80 Å². The van der Waals surface area contributed by atoms with Crippen molar-refractivity contribution in [3.63, 3.8) is 0 Å². The van der Waals surface area contributed by atoms with Crippen LogP contribution in [0.2, 0.25) is 42.4 Å². The molecule has 1 rings (SSSR count).